The third-order valence-electron chi connectivity index (χ3n) is 4.26. The first kappa shape index (κ1) is 20.8. The summed E-state index contributed by atoms with van der Waals surface area (Å²) in [5, 5.41) is 2.82. The number of amides is 1. The predicted octanol–water partition coefficient (Wildman–Crippen LogP) is 2.69. The molecule has 0 aliphatic heterocycles. The number of hydrogen-bond donors (Lipinski definition) is 1. The van der Waals surface area contributed by atoms with Crippen LogP contribution in [-0.4, -0.2) is 40.8 Å². The Labute approximate surface area is 161 Å². The van der Waals surface area contributed by atoms with Gasteiger partial charge in [-0.3, -0.25) is 9.10 Å². The highest BCUT2D eigenvalue weighted by Gasteiger charge is 2.24. The van der Waals surface area contributed by atoms with Gasteiger partial charge in [0.05, 0.1) is 19.1 Å². The van der Waals surface area contributed by atoms with Crippen molar-refractivity contribution in [3.63, 3.8) is 0 Å². The number of nitrogens with zero attached hydrogens (tertiary/aromatic N) is 1. The molecule has 0 heterocycles. The Morgan fingerprint density at radius 3 is 2.44 bits per heavy atom. The molecule has 0 aromatic heterocycles. The molecule has 0 aliphatic carbocycles. The second-order valence-corrected chi connectivity index (χ2v) is 8.47. The third-order valence-corrected chi connectivity index (χ3v) is 5.39. The number of methoxy groups -OCH3 is 1. The molecule has 2 aromatic rings. The summed E-state index contributed by atoms with van der Waals surface area (Å²) in [6.07, 6.45) is 1.08. The molecule has 1 N–H and O–H groups in total. The number of anilines is 1. The SMILES string of the molecule is COc1ccc(C)cc1N(CC(=O)NC[C@H](C)c1ccccc1)S(C)(=O)=O. The molecular formula is C20H26N2O4S. The van der Waals surface area contributed by atoms with Gasteiger partial charge >= 0.3 is 0 Å². The Balaban J connectivity index is 2.13. The normalized spacial score (nSPS) is 12.3. The molecule has 0 spiro atoms. The fraction of sp³-hybridized carbons (Fsp3) is 0.350. The van der Waals surface area contributed by atoms with Gasteiger partial charge in [-0.05, 0) is 36.1 Å². The van der Waals surface area contributed by atoms with E-state index in [9.17, 15) is 13.2 Å². The second kappa shape index (κ2) is 8.90. The summed E-state index contributed by atoms with van der Waals surface area (Å²) in [5.41, 5.74) is 2.34. The summed E-state index contributed by atoms with van der Waals surface area (Å²) in [5.74, 6) is 0.151. The van der Waals surface area contributed by atoms with Gasteiger partial charge in [0.2, 0.25) is 15.9 Å². The predicted molar refractivity (Wildman–Crippen MR) is 108 cm³/mol. The van der Waals surface area contributed by atoms with Gasteiger partial charge in [0, 0.05) is 6.54 Å². The first-order chi connectivity index (χ1) is 12.7. The molecule has 146 valence electrons. The van der Waals surface area contributed by atoms with E-state index in [-0.39, 0.29) is 18.4 Å². The molecule has 0 radical (unpaired) electrons. The topological polar surface area (TPSA) is 75.7 Å². The highest BCUT2D eigenvalue weighted by atomic mass is 32.2. The van der Waals surface area contributed by atoms with Crippen molar-refractivity contribution in [3.05, 3.63) is 59.7 Å². The van der Waals surface area contributed by atoms with Gasteiger partial charge < -0.3 is 10.1 Å². The van der Waals surface area contributed by atoms with Crippen LogP contribution in [0.4, 0.5) is 5.69 Å². The Bertz CT molecular complexity index is 882. The summed E-state index contributed by atoms with van der Waals surface area (Å²) in [6, 6.07) is 15.0. The molecule has 0 aliphatic rings. The molecule has 1 amide bonds. The zero-order valence-corrected chi connectivity index (χ0v) is 16.9. The molecule has 2 aromatic carbocycles. The van der Waals surface area contributed by atoms with Gasteiger partial charge in [0.25, 0.3) is 0 Å². The molecule has 0 fully saturated rings. The number of sulfonamides is 1. The largest absolute Gasteiger partial charge is 0.495 e. The Morgan fingerprint density at radius 1 is 1.19 bits per heavy atom. The number of rotatable bonds is 8. The first-order valence-corrected chi connectivity index (χ1v) is 10.5. The van der Waals surface area contributed by atoms with Crippen LogP contribution in [0.1, 0.15) is 24.0 Å². The van der Waals surface area contributed by atoms with Gasteiger partial charge in [-0.15, -0.1) is 0 Å². The Morgan fingerprint density at radius 2 is 1.85 bits per heavy atom. The average molecular weight is 391 g/mol. The fourth-order valence-electron chi connectivity index (χ4n) is 2.73. The smallest absolute Gasteiger partial charge is 0.240 e. The quantitative estimate of drug-likeness (QED) is 0.752. The number of benzene rings is 2. The number of hydrogen-bond acceptors (Lipinski definition) is 4. The van der Waals surface area contributed by atoms with Crippen molar-refractivity contribution in [1.82, 2.24) is 5.32 Å². The Hall–Kier alpha value is -2.54. The van der Waals surface area contributed by atoms with E-state index in [0.717, 1.165) is 21.7 Å². The lowest BCUT2D eigenvalue weighted by Crippen LogP contribution is -2.41. The van der Waals surface area contributed by atoms with Gasteiger partial charge in [-0.25, -0.2) is 8.42 Å². The summed E-state index contributed by atoms with van der Waals surface area (Å²) >= 11 is 0. The van der Waals surface area contributed by atoms with E-state index >= 15 is 0 Å². The number of ether oxygens (including phenoxy) is 1. The van der Waals surface area contributed by atoms with Crippen molar-refractivity contribution in [1.29, 1.82) is 0 Å². The van der Waals surface area contributed by atoms with Crippen LogP contribution >= 0.6 is 0 Å². The minimum Gasteiger partial charge on any atom is -0.495 e. The zero-order valence-electron chi connectivity index (χ0n) is 16.1. The van der Waals surface area contributed by atoms with E-state index in [1.165, 1.54) is 7.11 Å². The molecular weight excluding hydrogens is 364 g/mol. The highest BCUT2D eigenvalue weighted by molar-refractivity contribution is 7.92. The van der Waals surface area contributed by atoms with Crippen LogP contribution < -0.4 is 14.4 Å². The van der Waals surface area contributed by atoms with E-state index < -0.39 is 10.0 Å². The maximum absolute atomic E-state index is 12.4. The number of carbonyl (C=O) groups is 1. The van der Waals surface area contributed by atoms with Crippen LogP contribution in [0, 0.1) is 6.92 Å². The zero-order chi connectivity index (χ0) is 20.0. The molecule has 27 heavy (non-hydrogen) atoms. The van der Waals surface area contributed by atoms with Crippen LogP contribution in [0.25, 0.3) is 0 Å². The molecule has 6 nitrogen and oxygen atoms in total. The van der Waals surface area contributed by atoms with E-state index in [0.29, 0.717) is 18.0 Å². The minimum atomic E-state index is -3.66. The number of aryl methyl sites for hydroxylation is 1. The van der Waals surface area contributed by atoms with E-state index in [1.807, 2.05) is 50.2 Å². The standard InChI is InChI=1S/C20H26N2O4S/c1-15-10-11-19(26-3)18(12-15)22(27(4,24)25)14-20(23)21-13-16(2)17-8-6-5-7-9-17/h5-12,16H,13-14H2,1-4H3,(H,21,23)/t16-/m0/s1. The van der Waals surface area contributed by atoms with Crippen molar-refractivity contribution in [2.75, 3.05) is 30.8 Å². The van der Waals surface area contributed by atoms with Crippen molar-refractivity contribution in [2.45, 2.75) is 19.8 Å². The lowest BCUT2D eigenvalue weighted by atomic mass is 10.0. The summed E-state index contributed by atoms with van der Waals surface area (Å²) in [4.78, 5) is 12.4. The van der Waals surface area contributed by atoms with Gasteiger partial charge in [-0.1, -0.05) is 43.3 Å². The van der Waals surface area contributed by atoms with E-state index in [4.69, 9.17) is 4.74 Å². The van der Waals surface area contributed by atoms with Crippen LogP contribution in [0.15, 0.2) is 48.5 Å². The van der Waals surface area contributed by atoms with E-state index in [1.54, 1.807) is 12.1 Å². The Kier molecular flexibility index (Phi) is 6.85. The van der Waals surface area contributed by atoms with Crippen molar-refractivity contribution in [2.24, 2.45) is 0 Å². The number of nitrogens with one attached hydrogen (secondary N) is 1. The molecule has 0 saturated heterocycles. The van der Waals surface area contributed by atoms with Crippen LogP contribution in [0.5, 0.6) is 5.75 Å². The van der Waals surface area contributed by atoms with Crippen molar-refractivity contribution >= 4 is 21.6 Å². The molecule has 0 saturated carbocycles. The highest BCUT2D eigenvalue weighted by Crippen LogP contribution is 2.30. The minimum absolute atomic E-state index is 0.121. The summed E-state index contributed by atoms with van der Waals surface area (Å²) in [6.45, 7) is 3.98. The lowest BCUT2D eigenvalue weighted by Gasteiger charge is -2.24. The third kappa shape index (κ3) is 5.72. The van der Waals surface area contributed by atoms with Gasteiger partial charge in [0.1, 0.15) is 12.3 Å². The molecule has 1 atom stereocenters. The lowest BCUT2D eigenvalue weighted by molar-refractivity contribution is -0.119. The van der Waals surface area contributed by atoms with Crippen LogP contribution in [0.2, 0.25) is 0 Å². The summed E-state index contributed by atoms with van der Waals surface area (Å²) < 4.78 is 30.9. The monoisotopic (exact) mass is 390 g/mol. The maximum atomic E-state index is 12.4. The molecule has 0 unspecified atom stereocenters. The van der Waals surface area contributed by atoms with E-state index in [2.05, 4.69) is 5.32 Å². The van der Waals surface area contributed by atoms with Crippen LogP contribution in [-0.2, 0) is 14.8 Å². The van der Waals surface area contributed by atoms with Crippen LogP contribution in [0.3, 0.4) is 0 Å². The summed E-state index contributed by atoms with van der Waals surface area (Å²) in [7, 11) is -2.19. The molecule has 0 bridgehead atoms. The fourth-order valence-corrected chi connectivity index (χ4v) is 3.58. The first-order valence-electron chi connectivity index (χ1n) is 8.66. The second-order valence-electron chi connectivity index (χ2n) is 6.56. The number of carbonyl (C=O) groups excluding carboxylic acids is 1. The van der Waals surface area contributed by atoms with Crippen molar-refractivity contribution in [3.8, 4) is 5.75 Å². The molecule has 2 rings (SSSR count). The van der Waals surface area contributed by atoms with Gasteiger partial charge in [-0.2, -0.15) is 0 Å². The van der Waals surface area contributed by atoms with Gasteiger partial charge in [0.15, 0.2) is 0 Å². The maximum Gasteiger partial charge on any atom is 0.240 e. The molecule has 7 heteroatoms. The average Bonchev–Trinajstić information content (AvgIpc) is 2.64. The van der Waals surface area contributed by atoms with Crippen molar-refractivity contribution < 1.29 is 17.9 Å².